The smallest absolute Gasteiger partial charge is 0.411 e. The van der Waals surface area contributed by atoms with E-state index in [0.717, 1.165) is 17.5 Å². The lowest BCUT2D eigenvalue weighted by Gasteiger charge is -2.26. The molecule has 3 aromatic rings. The van der Waals surface area contributed by atoms with Crippen molar-refractivity contribution in [2.24, 2.45) is 0 Å². The van der Waals surface area contributed by atoms with Crippen LogP contribution in [0.5, 0.6) is 5.75 Å². The number of hydrogen-bond donors (Lipinski definition) is 2. The minimum absolute atomic E-state index is 0.0600. The van der Waals surface area contributed by atoms with Gasteiger partial charge in [0, 0.05) is 17.3 Å². The lowest BCUT2D eigenvalue weighted by Crippen LogP contribution is -2.48. The molecule has 0 aliphatic carbocycles. The van der Waals surface area contributed by atoms with Gasteiger partial charge in [0.15, 0.2) is 12.1 Å². The zero-order valence-electron chi connectivity index (χ0n) is 22.1. The van der Waals surface area contributed by atoms with Crippen LogP contribution >= 0.6 is 0 Å². The molecular formula is C30H33N3O5. The number of methoxy groups -OCH3 is 1. The van der Waals surface area contributed by atoms with Gasteiger partial charge in [-0.05, 0) is 67.8 Å². The van der Waals surface area contributed by atoms with E-state index in [2.05, 4.69) is 10.6 Å². The molecule has 0 radical (unpaired) electrons. The van der Waals surface area contributed by atoms with Crippen molar-refractivity contribution in [1.82, 2.24) is 10.2 Å². The van der Waals surface area contributed by atoms with E-state index in [4.69, 9.17) is 9.47 Å². The van der Waals surface area contributed by atoms with Gasteiger partial charge in [-0.2, -0.15) is 0 Å². The van der Waals surface area contributed by atoms with Crippen LogP contribution in [-0.4, -0.2) is 42.0 Å². The molecule has 0 unspecified atom stereocenters. The lowest BCUT2D eigenvalue weighted by molar-refractivity contribution is -0.127. The molecule has 3 amide bonds. The number of benzene rings is 3. The number of amides is 3. The van der Waals surface area contributed by atoms with Crippen molar-refractivity contribution in [2.45, 2.75) is 51.9 Å². The fraction of sp³-hybridized carbons (Fsp3) is 0.300. The Kier molecular flexibility index (Phi) is 8.31. The molecule has 3 atom stereocenters. The monoisotopic (exact) mass is 515 g/mol. The first-order valence-corrected chi connectivity index (χ1v) is 12.7. The molecule has 1 fully saturated rings. The first kappa shape index (κ1) is 26.7. The van der Waals surface area contributed by atoms with Crippen molar-refractivity contribution < 1.29 is 23.9 Å². The van der Waals surface area contributed by atoms with E-state index in [9.17, 15) is 14.4 Å². The first-order valence-electron chi connectivity index (χ1n) is 12.7. The quantitative estimate of drug-likeness (QED) is 0.407. The summed E-state index contributed by atoms with van der Waals surface area (Å²) in [6, 6.07) is 20.7. The number of aryl methyl sites for hydroxylation is 1. The summed E-state index contributed by atoms with van der Waals surface area (Å²) in [7, 11) is 1.56. The molecule has 8 heteroatoms. The zero-order valence-corrected chi connectivity index (χ0v) is 22.1. The maximum absolute atomic E-state index is 13.4. The second-order valence-corrected chi connectivity index (χ2v) is 9.49. The van der Waals surface area contributed by atoms with Gasteiger partial charge in [0.1, 0.15) is 5.75 Å². The third-order valence-electron chi connectivity index (χ3n) is 6.65. The lowest BCUT2D eigenvalue weighted by atomic mass is 9.99. The van der Waals surface area contributed by atoms with Crippen LogP contribution in [0.15, 0.2) is 72.8 Å². The average Bonchev–Trinajstić information content (AvgIpc) is 3.25. The summed E-state index contributed by atoms with van der Waals surface area (Å²) in [6.45, 7) is 6.14. The Morgan fingerprint density at radius 2 is 1.76 bits per heavy atom. The normalized spacial score (nSPS) is 17.5. The van der Waals surface area contributed by atoms with Crippen LogP contribution in [-0.2, 0) is 16.1 Å². The van der Waals surface area contributed by atoms with E-state index in [1.807, 2.05) is 45.0 Å². The molecule has 198 valence electrons. The molecule has 1 aliphatic heterocycles. The summed E-state index contributed by atoms with van der Waals surface area (Å²) in [5, 5.41) is 5.88. The minimum Gasteiger partial charge on any atom is -0.497 e. The predicted molar refractivity (Wildman–Crippen MR) is 145 cm³/mol. The Balaban J connectivity index is 1.59. The number of anilines is 1. The van der Waals surface area contributed by atoms with Crippen LogP contribution in [0.1, 0.15) is 53.4 Å². The third-order valence-corrected chi connectivity index (χ3v) is 6.65. The number of hydrogen-bond acceptors (Lipinski definition) is 5. The third kappa shape index (κ3) is 6.14. The van der Waals surface area contributed by atoms with Crippen molar-refractivity contribution in [3.8, 4) is 5.75 Å². The van der Waals surface area contributed by atoms with Crippen LogP contribution in [0.3, 0.4) is 0 Å². The van der Waals surface area contributed by atoms with Gasteiger partial charge < -0.3 is 20.1 Å². The first-order chi connectivity index (χ1) is 18.3. The Bertz CT molecular complexity index is 1290. The summed E-state index contributed by atoms with van der Waals surface area (Å²) in [5.74, 6) is 0.0822. The minimum atomic E-state index is -0.870. The summed E-state index contributed by atoms with van der Waals surface area (Å²) in [6.07, 6.45) is -0.648. The Morgan fingerprint density at radius 1 is 1.05 bits per heavy atom. The highest BCUT2D eigenvalue weighted by molar-refractivity contribution is 6.04. The second-order valence-electron chi connectivity index (χ2n) is 9.49. The fourth-order valence-electron chi connectivity index (χ4n) is 4.27. The van der Waals surface area contributed by atoms with Crippen molar-refractivity contribution in [1.29, 1.82) is 0 Å². The maximum Gasteiger partial charge on any atom is 0.411 e. The second kappa shape index (κ2) is 11.8. The fourth-order valence-corrected chi connectivity index (χ4v) is 4.27. The van der Waals surface area contributed by atoms with E-state index in [0.29, 0.717) is 22.6 Å². The maximum atomic E-state index is 13.4. The molecular weight excluding hydrogens is 482 g/mol. The number of cyclic esters (lactones) is 1. The highest BCUT2D eigenvalue weighted by Crippen LogP contribution is 2.35. The molecule has 0 saturated carbocycles. The van der Waals surface area contributed by atoms with Crippen LogP contribution in [0.2, 0.25) is 0 Å². The molecule has 1 saturated heterocycles. The van der Waals surface area contributed by atoms with Gasteiger partial charge >= 0.3 is 6.09 Å². The van der Waals surface area contributed by atoms with Gasteiger partial charge in [0.2, 0.25) is 5.91 Å². The van der Waals surface area contributed by atoms with Gasteiger partial charge in [-0.25, -0.2) is 4.79 Å². The number of nitrogens with one attached hydrogen (secondary N) is 2. The molecule has 8 nitrogen and oxygen atoms in total. The zero-order chi connectivity index (χ0) is 27.2. The summed E-state index contributed by atoms with van der Waals surface area (Å²) in [5.41, 5.74) is 3.61. The van der Waals surface area contributed by atoms with Crippen molar-refractivity contribution in [3.63, 3.8) is 0 Å². The van der Waals surface area contributed by atoms with Crippen LogP contribution in [0.4, 0.5) is 10.5 Å². The van der Waals surface area contributed by atoms with Crippen molar-refractivity contribution >= 4 is 23.6 Å². The molecule has 1 heterocycles. The number of ether oxygens (including phenoxy) is 2. The van der Waals surface area contributed by atoms with E-state index >= 15 is 0 Å². The van der Waals surface area contributed by atoms with E-state index < -0.39 is 18.2 Å². The van der Waals surface area contributed by atoms with Gasteiger partial charge in [-0.15, -0.1) is 0 Å². The van der Waals surface area contributed by atoms with E-state index in [1.54, 1.807) is 55.6 Å². The van der Waals surface area contributed by atoms with Gasteiger partial charge in [0.25, 0.3) is 5.91 Å². The van der Waals surface area contributed by atoms with Gasteiger partial charge in [-0.1, -0.05) is 48.9 Å². The highest BCUT2D eigenvalue weighted by atomic mass is 16.6. The molecule has 0 spiro atoms. The average molecular weight is 516 g/mol. The van der Waals surface area contributed by atoms with Crippen LogP contribution in [0, 0.1) is 6.92 Å². The molecule has 0 bridgehead atoms. The molecule has 3 aromatic carbocycles. The summed E-state index contributed by atoms with van der Waals surface area (Å²) < 4.78 is 10.9. The number of rotatable bonds is 9. The topological polar surface area (TPSA) is 97.0 Å². The van der Waals surface area contributed by atoms with Crippen molar-refractivity contribution in [3.05, 3.63) is 95.1 Å². The number of nitrogens with zero attached hydrogens (tertiary/aromatic N) is 1. The van der Waals surface area contributed by atoms with E-state index in [1.165, 1.54) is 4.90 Å². The van der Waals surface area contributed by atoms with Gasteiger partial charge in [0.05, 0.1) is 13.7 Å². The Hall–Kier alpha value is -4.33. The highest BCUT2D eigenvalue weighted by Gasteiger charge is 2.47. The van der Waals surface area contributed by atoms with E-state index in [-0.39, 0.29) is 24.4 Å². The summed E-state index contributed by atoms with van der Waals surface area (Å²) in [4.78, 5) is 40.7. The molecule has 0 aromatic heterocycles. The molecule has 38 heavy (non-hydrogen) atoms. The molecule has 2 N–H and O–H groups in total. The largest absolute Gasteiger partial charge is 0.497 e. The van der Waals surface area contributed by atoms with Crippen LogP contribution in [0.25, 0.3) is 0 Å². The van der Waals surface area contributed by atoms with Crippen LogP contribution < -0.4 is 15.4 Å². The predicted octanol–water partition coefficient (Wildman–Crippen LogP) is 5.23. The van der Waals surface area contributed by atoms with Gasteiger partial charge in [-0.3, -0.25) is 14.5 Å². The van der Waals surface area contributed by atoms with Crippen molar-refractivity contribution in [2.75, 3.05) is 12.4 Å². The number of carbonyl (C=O) groups is 3. The Labute approximate surface area is 222 Å². The standard InChI is InChI=1S/C30H33N3O5/c1-5-20(3)31-29(35)26-27(38-30(36)33(26)18-21-11-9-19(2)10-12-21)23-7-6-8-24(17-23)32-28(34)22-13-15-25(37-4)16-14-22/h6-17,20,26-27H,5,18H2,1-4H3,(H,31,35)(H,32,34)/t20-,26+,27-/m0/s1. The summed E-state index contributed by atoms with van der Waals surface area (Å²) >= 11 is 0. The molecule has 4 rings (SSSR count). The molecule has 1 aliphatic rings. The Morgan fingerprint density at radius 3 is 2.42 bits per heavy atom. The number of carbonyl (C=O) groups excluding carboxylic acids is 3. The SMILES string of the molecule is CC[C@H](C)NC(=O)[C@H]1[C@H](c2cccc(NC(=O)c3ccc(OC)cc3)c2)OC(=O)N1Cc1ccc(C)cc1.